The van der Waals surface area contributed by atoms with Crippen molar-refractivity contribution in [3.05, 3.63) is 40.8 Å². The minimum Gasteiger partial charge on any atom is -0.447 e. The van der Waals surface area contributed by atoms with E-state index in [4.69, 9.17) is 14.7 Å². The zero-order valence-electron chi connectivity index (χ0n) is 22.6. The molecule has 0 bridgehead atoms. The molecule has 4 aliphatic rings. The third-order valence-electron chi connectivity index (χ3n) is 9.98. The van der Waals surface area contributed by atoms with E-state index < -0.39 is 76.5 Å². The number of fused-ring (bicyclic) bond motifs is 5. The molecular weight excluding hydrogens is 560 g/mol. The number of carbonyl (C=O) groups is 3. The predicted octanol–water partition coefficient (Wildman–Crippen LogP) is 5.00. The molecule has 5 rings (SSSR count). The van der Waals surface area contributed by atoms with Crippen molar-refractivity contribution in [1.82, 2.24) is 0 Å². The van der Waals surface area contributed by atoms with Gasteiger partial charge in [-0.25, -0.2) is 18.4 Å². The van der Waals surface area contributed by atoms with Gasteiger partial charge in [0.05, 0.1) is 10.3 Å². The van der Waals surface area contributed by atoms with Gasteiger partial charge in [0.1, 0.15) is 17.1 Å². The first kappa shape index (κ1) is 29.0. The summed E-state index contributed by atoms with van der Waals surface area (Å²) in [6, 6.07) is 5.11. The van der Waals surface area contributed by atoms with Crippen molar-refractivity contribution in [3.63, 3.8) is 0 Å². The summed E-state index contributed by atoms with van der Waals surface area (Å²) in [6.07, 6.45) is 1.81. The van der Waals surface area contributed by atoms with Crippen LogP contribution in [-0.4, -0.2) is 59.2 Å². The van der Waals surface area contributed by atoms with E-state index in [1.807, 2.05) is 6.26 Å². The van der Waals surface area contributed by atoms with Gasteiger partial charge in [-0.1, -0.05) is 19.9 Å². The fourth-order valence-electron chi connectivity index (χ4n) is 8.16. The lowest BCUT2D eigenvalue weighted by molar-refractivity contribution is -0.230. The first-order valence-electron chi connectivity index (χ1n) is 13.2. The number of allylic oxidation sites excluding steroid dienone is 4. The lowest BCUT2D eigenvalue weighted by Crippen LogP contribution is -2.71. The number of ether oxygens (including phenoxy) is 2. The van der Waals surface area contributed by atoms with Crippen molar-refractivity contribution < 1.29 is 37.7 Å². The van der Waals surface area contributed by atoms with E-state index in [0.29, 0.717) is 0 Å². The van der Waals surface area contributed by atoms with Crippen LogP contribution >= 0.6 is 23.1 Å². The first-order chi connectivity index (χ1) is 18.8. The third-order valence-corrected chi connectivity index (χ3v) is 12.1. The number of thioether (sulfide) groups is 1. The molecule has 0 radical (unpaired) electrons. The number of hydrogen-bond acceptors (Lipinski definition) is 9. The molecule has 1 heterocycles. The zero-order valence-corrected chi connectivity index (χ0v) is 24.2. The van der Waals surface area contributed by atoms with Gasteiger partial charge < -0.3 is 14.6 Å². The quantitative estimate of drug-likeness (QED) is 0.376. The Kier molecular flexibility index (Phi) is 7.08. The fraction of sp³-hybridized carbons (Fsp3) is 0.586. The summed E-state index contributed by atoms with van der Waals surface area (Å²) in [5, 5.41) is 20.7. The summed E-state index contributed by atoms with van der Waals surface area (Å²) >= 11 is 2.64. The van der Waals surface area contributed by atoms with Gasteiger partial charge in [-0.3, -0.25) is 4.79 Å². The summed E-state index contributed by atoms with van der Waals surface area (Å²) in [4.78, 5) is 39.6. The van der Waals surface area contributed by atoms with Crippen molar-refractivity contribution in [2.24, 2.45) is 28.6 Å². The standard InChI is InChI=1S/C29H31F2NO6S2/c1-15-11-17-18-13-20(30)19-12-16(33)7-8-26(19,2)28(18,31)22(34)14-27(17,3)29(15,25(36)37-10-9-32)38-24(35)21-5-6-23(39-4)40-21/h5-8,12,15,17-18,20,22,34H,10-11,13-14H2,1-4H3/t15-,17+,18+,20+,22+,26+,27+,28+,29-/m1/s1. The van der Waals surface area contributed by atoms with E-state index in [-0.39, 0.29) is 29.7 Å². The number of carbonyl (C=O) groups excluding carboxylic acids is 3. The van der Waals surface area contributed by atoms with Crippen LogP contribution in [-0.2, 0) is 19.1 Å². The number of halogens is 2. The Morgan fingerprint density at radius 3 is 2.65 bits per heavy atom. The average Bonchev–Trinajstić information content (AvgIpc) is 3.48. The maximum absolute atomic E-state index is 17.5. The molecule has 7 nitrogen and oxygen atoms in total. The Labute approximate surface area is 239 Å². The van der Waals surface area contributed by atoms with Crippen molar-refractivity contribution in [3.8, 4) is 6.07 Å². The molecule has 214 valence electrons. The molecule has 0 unspecified atom stereocenters. The molecule has 1 aromatic heterocycles. The lowest BCUT2D eigenvalue weighted by Gasteiger charge is -2.63. The van der Waals surface area contributed by atoms with E-state index in [2.05, 4.69) is 0 Å². The Balaban J connectivity index is 1.62. The van der Waals surface area contributed by atoms with E-state index in [9.17, 15) is 19.5 Å². The number of thiophene rings is 1. The molecule has 0 aliphatic heterocycles. The Hall–Kier alpha value is -2.55. The van der Waals surface area contributed by atoms with Crippen molar-refractivity contribution in [1.29, 1.82) is 5.26 Å². The van der Waals surface area contributed by atoms with Crippen LogP contribution in [0.15, 0.2) is 40.1 Å². The molecule has 9 atom stereocenters. The summed E-state index contributed by atoms with van der Waals surface area (Å²) in [7, 11) is 0. The molecule has 0 saturated heterocycles. The SMILES string of the molecule is CSc1ccc(C(=O)O[C@@]2(C(=O)OCC#N)[C@H](C)C[C@H]3[C@@H]4C[C@H](F)C5=CC(=O)C=C[C@]5(C)[C@@]4(F)[C@@H](O)C[C@@]32C)s1. The second-order valence-electron chi connectivity index (χ2n) is 11.7. The van der Waals surface area contributed by atoms with Crippen LogP contribution in [0, 0.1) is 39.9 Å². The van der Waals surface area contributed by atoms with Crippen LogP contribution in [0.3, 0.4) is 0 Å². The number of rotatable bonds is 5. The van der Waals surface area contributed by atoms with Gasteiger partial charge in [-0.2, -0.15) is 5.26 Å². The second kappa shape index (κ2) is 9.78. The number of nitriles is 1. The van der Waals surface area contributed by atoms with E-state index in [1.54, 1.807) is 32.0 Å². The minimum atomic E-state index is -2.35. The molecule has 4 aliphatic carbocycles. The molecular formula is C29H31F2NO6S2. The number of ketones is 1. The number of hydrogen-bond donors (Lipinski definition) is 1. The molecule has 0 aromatic carbocycles. The van der Waals surface area contributed by atoms with E-state index >= 15 is 8.78 Å². The summed E-state index contributed by atoms with van der Waals surface area (Å²) in [5.74, 6) is -4.59. The van der Waals surface area contributed by atoms with Crippen molar-refractivity contribution in [2.45, 2.75) is 67.8 Å². The number of esters is 2. The summed E-state index contributed by atoms with van der Waals surface area (Å²) in [5.41, 5.74) is -7.24. The van der Waals surface area contributed by atoms with Crippen molar-refractivity contribution in [2.75, 3.05) is 12.9 Å². The topological polar surface area (TPSA) is 114 Å². The molecule has 1 N–H and O–H groups in total. The molecule has 3 fully saturated rings. The molecule has 1 aromatic rings. The number of aliphatic hydroxyl groups excluding tert-OH is 1. The van der Waals surface area contributed by atoms with Crippen LogP contribution in [0.2, 0.25) is 0 Å². The van der Waals surface area contributed by atoms with Crippen molar-refractivity contribution >= 4 is 40.8 Å². The second-order valence-corrected chi connectivity index (χ2v) is 13.9. The summed E-state index contributed by atoms with van der Waals surface area (Å²) in [6.45, 7) is 4.27. The summed E-state index contributed by atoms with van der Waals surface area (Å²) < 4.78 is 45.5. The molecule has 3 saturated carbocycles. The lowest BCUT2D eigenvalue weighted by atomic mass is 9.44. The van der Waals surface area contributed by atoms with Gasteiger partial charge in [-0.15, -0.1) is 23.1 Å². The Bertz CT molecular complexity index is 1370. The average molecular weight is 592 g/mol. The Morgan fingerprint density at radius 1 is 1.27 bits per heavy atom. The highest BCUT2D eigenvalue weighted by Crippen LogP contribution is 2.71. The largest absolute Gasteiger partial charge is 0.447 e. The maximum atomic E-state index is 17.5. The molecule has 0 amide bonds. The van der Waals surface area contributed by atoms with Crippen LogP contribution < -0.4 is 0 Å². The van der Waals surface area contributed by atoms with Crippen LogP contribution in [0.4, 0.5) is 8.78 Å². The number of aliphatic hydroxyl groups is 1. The molecule has 11 heteroatoms. The van der Waals surface area contributed by atoms with Crippen LogP contribution in [0.25, 0.3) is 0 Å². The van der Waals surface area contributed by atoms with Gasteiger partial charge in [0.2, 0.25) is 5.60 Å². The smallest absolute Gasteiger partial charge is 0.352 e. The Morgan fingerprint density at radius 2 is 2.00 bits per heavy atom. The van der Waals surface area contributed by atoms with Gasteiger partial charge in [0, 0.05) is 22.7 Å². The highest BCUT2D eigenvalue weighted by Gasteiger charge is 2.78. The normalized spacial score (nSPS) is 41.7. The zero-order chi connectivity index (χ0) is 29.3. The maximum Gasteiger partial charge on any atom is 0.352 e. The van der Waals surface area contributed by atoms with Gasteiger partial charge >= 0.3 is 11.9 Å². The van der Waals surface area contributed by atoms with Gasteiger partial charge in [0.15, 0.2) is 18.1 Å². The van der Waals surface area contributed by atoms with Crippen LogP contribution in [0.5, 0.6) is 0 Å². The first-order valence-corrected chi connectivity index (χ1v) is 15.2. The minimum absolute atomic E-state index is 0.000799. The van der Waals surface area contributed by atoms with Crippen LogP contribution in [0.1, 0.15) is 49.7 Å². The highest BCUT2D eigenvalue weighted by atomic mass is 32.2. The predicted molar refractivity (Wildman–Crippen MR) is 144 cm³/mol. The number of nitrogens with zero attached hydrogens (tertiary/aromatic N) is 1. The van der Waals surface area contributed by atoms with Gasteiger partial charge in [0.25, 0.3) is 0 Å². The van der Waals surface area contributed by atoms with E-state index in [1.165, 1.54) is 42.2 Å². The third kappa shape index (κ3) is 3.71. The fourth-order valence-corrected chi connectivity index (χ4v) is 9.58. The number of alkyl halides is 2. The van der Waals surface area contributed by atoms with Gasteiger partial charge in [-0.05, 0) is 68.2 Å². The highest BCUT2D eigenvalue weighted by molar-refractivity contribution is 8.00. The van der Waals surface area contributed by atoms with E-state index in [0.717, 1.165) is 10.3 Å². The molecule has 0 spiro atoms. The monoisotopic (exact) mass is 591 g/mol. The molecule has 40 heavy (non-hydrogen) atoms.